The Morgan fingerprint density at radius 1 is 1.67 bits per heavy atom. The van der Waals surface area contributed by atoms with E-state index in [2.05, 4.69) is 0 Å². The Hall–Kier alpha value is -0.990. The Morgan fingerprint density at radius 3 is 2.00 bits per heavy atom. The number of carbonyl (C=O) groups is 1. The van der Waals surface area contributed by atoms with Crippen LogP contribution in [-0.4, -0.2) is 16.2 Å². The summed E-state index contributed by atoms with van der Waals surface area (Å²) < 4.78 is 0. The van der Waals surface area contributed by atoms with Crippen molar-refractivity contribution in [2.45, 2.75) is 20.3 Å². The van der Waals surface area contributed by atoms with E-state index in [0.29, 0.717) is 0 Å². The first-order chi connectivity index (χ1) is 4.15. The van der Waals surface area contributed by atoms with E-state index >= 15 is 0 Å². The molecule has 0 aromatic carbocycles. The van der Waals surface area contributed by atoms with Gasteiger partial charge in [0.25, 0.3) is 5.97 Å². The van der Waals surface area contributed by atoms with Crippen LogP contribution in [-0.2, 0) is 4.79 Å². The summed E-state index contributed by atoms with van der Waals surface area (Å²) in [5, 5.41) is 15.3. The molecule has 0 fully saturated rings. The lowest BCUT2D eigenvalue weighted by molar-refractivity contribution is -0.134. The van der Waals surface area contributed by atoms with Gasteiger partial charge in [0.15, 0.2) is 0 Å². The number of allylic oxidation sites excluding steroid dienone is 1. The fourth-order valence-corrected chi connectivity index (χ4v) is 0.105. The first kappa shape index (κ1) is 10.9. The van der Waals surface area contributed by atoms with Gasteiger partial charge in [0.2, 0.25) is 0 Å². The molecule has 0 bridgehead atoms. The Kier molecular flexibility index (Phi) is 12.2. The van der Waals surface area contributed by atoms with Crippen molar-refractivity contribution >= 4 is 5.97 Å². The minimum absolute atomic E-state index is 0.833. The smallest absolute Gasteiger partial charge is 0.300 e. The summed E-state index contributed by atoms with van der Waals surface area (Å²) in [6, 6.07) is 0. The molecule has 3 nitrogen and oxygen atoms in total. The molecule has 0 aromatic rings. The summed E-state index contributed by atoms with van der Waals surface area (Å²) in [4.78, 5) is 9.00. The number of hydrogen-bond donors (Lipinski definition) is 2. The highest BCUT2D eigenvalue weighted by molar-refractivity contribution is 5.62. The second kappa shape index (κ2) is 10.1. The number of rotatable bonds is 1. The van der Waals surface area contributed by atoms with Gasteiger partial charge in [0.1, 0.15) is 0 Å². The van der Waals surface area contributed by atoms with E-state index in [0.717, 1.165) is 19.6 Å². The molecule has 0 atom stereocenters. The maximum Gasteiger partial charge on any atom is 0.300 e. The van der Waals surface area contributed by atoms with Crippen LogP contribution in [0.1, 0.15) is 20.3 Å². The lowest BCUT2D eigenvalue weighted by Crippen LogP contribution is -1.78. The van der Waals surface area contributed by atoms with Gasteiger partial charge in [-0.25, -0.2) is 0 Å². The summed E-state index contributed by atoms with van der Waals surface area (Å²) in [5.41, 5.74) is 0. The molecule has 0 amide bonds. The summed E-state index contributed by atoms with van der Waals surface area (Å²) in [6.45, 7) is 3.05. The van der Waals surface area contributed by atoms with Crippen LogP contribution >= 0.6 is 0 Å². The molecule has 0 spiro atoms. The van der Waals surface area contributed by atoms with Crippen LogP contribution in [0.4, 0.5) is 0 Å². The molecule has 0 aromatic heterocycles. The van der Waals surface area contributed by atoms with Crippen LogP contribution in [0.25, 0.3) is 0 Å². The van der Waals surface area contributed by atoms with Crippen LogP contribution in [0.15, 0.2) is 12.3 Å². The molecule has 2 N–H and O–H groups in total. The van der Waals surface area contributed by atoms with Crippen molar-refractivity contribution in [2.75, 3.05) is 0 Å². The molecule has 0 heterocycles. The van der Waals surface area contributed by atoms with Gasteiger partial charge in [0, 0.05) is 6.92 Å². The molecule has 0 aliphatic heterocycles. The molecule has 0 aliphatic rings. The maximum absolute atomic E-state index is 9.00. The highest BCUT2D eigenvalue weighted by atomic mass is 16.4. The summed E-state index contributed by atoms with van der Waals surface area (Å²) in [5.74, 6) is -0.833. The molecule has 0 unspecified atom stereocenters. The van der Waals surface area contributed by atoms with Gasteiger partial charge in [-0.15, -0.1) is 0 Å². The van der Waals surface area contributed by atoms with Gasteiger partial charge in [-0.3, -0.25) is 4.79 Å². The van der Waals surface area contributed by atoms with Crippen LogP contribution in [0.5, 0.6) is 0 Å². The molecule has 3 heteroatoms. The van der Waals surface area contributed by atoms with Gasteiger partial charge in [-0.1, -0.05) is 13.0 Å². The molecule has 9 heavy (non-hydrogen) atoms. The molecule has 0 rings (SSSR count). The topological polar surface area (TPSA) is 57.5 Å². The summed E-state index contributed by atoms with van der Waals surface area (Å²) >= 11 is 0. The first-order valence-electron chi connectivity index (χ1n) is 2.63. The van der Waals surface area contributed by atoms with Crippen LogP contribution in [0, 0.1) is 0 Å². The predicted octanol–water partition coefficient (Wildman–Crippen LogP) is 1.56. The Balaban J connectivity index is 0. The van der Waals surface area contributed by atoms with E-state index in [-0.39, 0.29) is 0 Å². The fraction of sp³-hybridized carbons (Fsp3) is 0.500. The van der Waals surface area contributed by atoms with Gasteiger partial charge in [0.05, 0.1) is 6.26 Å². The molecular weight excluding hydrogens is 120 g/mol. The first-order valence-corrected chi connectivity index (χ1v) is 2.63. The minimum atomic E-state index is -0.833. The van der Waals surface area contributed by atoms with E-state index in [1.54, 1.807) is 6.08 Å². The molecule has 0 radical (unpaired) electrons. The second-order valence-electron chi connectivity index (χ2n) is 1.31. The SMILES string of the molecule is CC(=O)O.CC/C=C/O. The lowest BCUT2D eigenvalue weighted by atomic mass is 10.5. The van der Waals surface area contributed by atoms with Crippen LogP contribution < -0.4 is 0 Å². The molecular formula is C6H12O3. The van der Waals surface area contributed by atoms with Crippen molar-refractivity contribution in [1.29, 1.82) is 0 Å². The highest BCUT2D eigenvalue weighted by Crippen LogP contribution is 1.71. The third-order valence-corrected chi connectivity index (χ3v) is 0.341. The van der Waals surface area contributed by atoms with Gasteiger partial charge < -0.3 is 10.2 Å². The third kappa shape index (κ3) is 172. The maximum atomic E-state index is 9.00. The van der Waals surface area contributed by atoms with Gasteiger partial charge in [-0.2, -0.15) is 0 Å². The molecule has 54 valence electrons. The number of aliphatic hydroxyl groups is 1. The number of hydrogen-bond acceptors (Lipinski definition) is 2. The van der Waals surface area contributed by atoms with E-state index in [9.17, 15) is 0 Å². The fourth-order valence-electron chi connectivity index (χ4n) is 0.105. The number of carboxylic acid groups (broad SMARTS) is 1. The van der Waals surface area contributed by atoms with Crippen molar-refractivity contribution in [1.82, 2.24) is 0 Å². The van der Waals surface area contributed by atoms with Crippen molar-refractivity contribution in [3.63, 3.8) is 0 Å². The molecule has 0 aliphatic carbocycles. The van der Waals surface area contributed by atoms with Crippen LogP contribution in [0.3, 0.4) is 0 Å². The Labute approximate surface area is 54.6 Å². The predicted molar refractivity (Wildman–Crippen MR) is 35.4 cm³/mol. The largest absolute Gasteiger partial charge is 0.516 e. The summed E-state index contributed by atoms with van der Waals surface area (Å²) in [6.07, 6.45) is 3.65. The van der Waals surface area contributed by atoms with E-state index in [1.807, 2.05) is 6.92 Å². The van der Waals surface area contributed by atoms with E-state index < -0.39 is 5.97 Å². The molecule has 0 saturated heterocycles. The Bertz CT molecular complexity index is 82.3. The van der Waals surface area contributed by atoms with Crippen molar-refractivity contribution in [3.05, 3.63) is 12.3 Å². The number of aliphatic hydroxyl groups excluding tert-OH is 1. The third-order valence-electron chi connectivity index (χ3n) is 0.341. The normalized spacial score (nSPS) is 8.22. The quantitative estimate of drug-likeness (QED) is 0.532. The minimum Gasteiger partial charge on any atom is -0.516 e. The monoisotopic (exact) mass is 132 g/mol. The van der Waals surface area contributed by atoms with Crippen molar-refractivity contribution in [3.8, 4) is 0 Å². The summed E-state index contributed by atoms with van der Waals surface area (Å²) in [7, 11) is 0. The van der Waals surface area contributed by atoms with Gasteiger partial charge in [-0.05, 0) is 6.42 Å². The average molecular weight is 132 g/mol. The average Bonchev–Trinajstić information content (AvgIpc) is 1.66. The Morgan fingerprint density at radius 2 is 2.00 bits per heavy atom. The van der Waals surface area contributed by atoms with Crippen molar-refractivity contribution < 1.29 is 15.0 Å². The van der Waals surface area contributed by atoms with E-state index in [4.69, 9.17) is 15.0 Å². The number of carboxylic acids is 1. The zero-order chi connectivity index (χ0) is 7.70. The zero-order valence-corrected chi connectivity index (χ0v) is 5.66. The van der Waals surface area contributed by atoms with Gasteiger partial charge >= 0.3 is 0 Å². The standard InChI is InChI=1S/C4H8O.C2H4O2/c1-2-3-4-5;1-2(3)4/h3-5H,2H2,1H3;1H3,(H,3,4)/b4-3+;. The zero-order valence-electron chi connectivity index (χ0n) is 5.66. The van der Waals surface area contributed by atoms with Crippen molar-refractivity contribution in [2.24, 2.45) is 0 Å². The second-order valence-corrected chi connectivity index (χ2v) is 1.31. The van der Waals surface area contributed by atoms with Crippen LogP contribution in [0.2, 0.25) is 0 Å². The lowest BCUT2D eigenvalue weighted by Gasteiger charge is -1.65. The molecule has 0 saturated carbocycles. The van der Waals surface area contributed by atoms with E-state index in [1.165, 1.54) is 0 Å². The highest BCUT2D eigenvalue weighted by Gasteiger charge is 1.65. The number of aliphatic carboxylic acids is 1.